The Balaban J connectivity index is 1.80. The smallest absolute Gasteiger partial charge is 0.245 e. The molecule has 0 radical (unpaired) electrons. The number of halogens is 1. The third-order valence-electron chi connectivity index (χ3n) is 3.45. The van der Waals surface area contributed by atoms with E-state index >= 15 is 0 Å². The van der Waals surface area contributed by atoms with Gasteiger partial charge in [0.15, 0.2) is 0 Å². The molecular weight excluding hydrogens is 276 g/mol. The van der Waals surface area contributed by atoms with Crippen molar-refractivity contribution in [3.05, 3.63) is 35.5 Å². The van der Waals surface area contributed by atoms with Crippen LogP contribution in [0.15, 0.2) is 30.5 Å². The molecule has 2 heterocycles. The number of hydrogen-bond donors (Lipinski definition) is 1. The van der Waals surface area contributed by atoms with Gasteiger partial charge in [-0.15, -0.1) is 10.2 Å². The second-order valence-electron chi connectivity index (χ2n) is 4.84. The SMILES string of the molecule is OC1CCN(c2ncc(-c3ccccc3Cl)nn2)CC1. The van der Waals surface area contributed by atoms with Crippen LogP contribution in [0.3, 0.4) is 0 Å². The molecular formula is C14H15ClN4O. The molecule has 20 heavy (non-hydrogen) atoms. The Bertz CT molecular complexity index is 582. The summed E-state index contributed by atoms with van der Waals surface area (Å²) in [5.41, 5.74) is 1.49. The Hall–Kier alpha value is -1.72. The summed E-state index contributed by atoms with van der Waals surface area (Å²) in [7, 11) is 0. The van der Waals surface area contributed by atoms with Gasteiger partial charge in [-0.1, -0.05) is 29.8 Å². The van der Waals surface area contributed by atoms with Crippen LogP contribution < -0.4 is 4.90 Å². The van der Waals surface area contributed by atoms with Crippen LogP contribution in [-0.4, -0.2) is 39.5 Å². The zero-order valence-corrected chi connectivity index (χ0v) is 11.7. The molecule has 0 bridgehead atoms. The van der Waals surface area contributed by atoms with Crippen LogP contribution in [-0.2, 0) is 0 Å². The van der Waals surface area contributed by atoms with Gasteiger partial charge in [0.05, 0.1) is 17.3 Å². The minimum absolute atomic E-state index is 0.207. The number of aromatic nitrogens is 3. The quantitative estimate of drug-likeness (QED) is 0.918. The molecule has 5 nitrogen and oxygen atoms in total. The third-order valence-corrected chi connectivity index (χ3v) is 3.78. The van der Waals surface area contributed by atoms with Crippen molar-refractivity contribution in [3.63, 3.8) is 0 Å². The predicted octanol–water partition coefficient (Wildman–Crippen LogP) is 2.15. The van der Waals surface area contributed by atoms with E-state index in [4.69, 9.17) is 11.6 Å². The Kier molecular flexibility index (Phi) is 3.80. The molecule has 1 N–H and O–H groups in total. The number of aliphatic hydroxyl groups is 1. The maximum Gasteiger partial charge on any atom is 0.245 e. The van der Waals surface area contributed by atoms with Crippen molar-refractivity contribution >= 4 is 17.5 Å². The molecule has 1 aliphatic heterocycles. The Morgan fingerprint density at radius 1 is 1.15 bits per heavy atom. The standard InChI is InChI=1S/C14H15ClN4O/c15-12-4-2-1-3-11(12)13-9-16-14(18-17-13)19-7-5-10(20)6-8-19/h1-4,9-10,20H,5-8H2. The molecule has 0 spiro atoms. The lowest BCUT2D eigenvalue weighted by atomic mass is 10.1. The molecule has 1 aromatic heterocycles. The van der Waals surface area contributed by atoms with Gasteiger partial charge in [0.2, 0.25) is 5.95 Å². The van der Waals surface area contributed by atoms with Crippen LogP contribution in [0.25, 0.3) is 11.3 Å². The molecule has 1 aromatic carbocycles. The summed E-state index contributed by atoms with van der Waals surface area (Å²) in [6.45, 7) is 1.52. The van der Waals surface area contributed by atoms with Crippen LogP contribution in [0.2, 0.25) is 5.02 Å². The predicted molar refractivity (Wildman–Crippen MR) is 77.7 cm³/mol. The molecule has 0 atom stereocenters. The summed E-state index contributed by atoms with van der Waals surface area (Å²) in [5.74, 6) is 0.604. The molecule has 0 unspecified atom stereocenters. The van der Waals surface area contributed by atoms with Crippen molar-refractivity contribution in [1.82, 2.24) is 15.2 Å². The summed E-state index contributed by atoms with van der Waals surface area (Å²) in [6, 6.07) is 7.49. The molecule has 6 heteroatoms. The Labute approximate surface area is 122 Å². The van der Waals surface area contributed by atoms with Crippen molar-refractivity contribution in [2.24, 2.45) is 0 Å². The van der Waals surface area contributed by atoms with Gasteiger partial charge < -0.3 is 10.0 Å². The summed E-state index contributed by atoms with van der Waals surface area (Å²) < 4.78 is 0. The van der Waals surface area contributed by atoms with E-state index in [1.165, 1.54) is 0 Å². The zero-order valence-electron chi connectivity index (χ0n) is 10.9. The van der Waals surface area contributed by atoms with E-state index in [1.807, 2.05) is 29.2 Å². The first-order valence-corrected chi connectivity index (χ1v) is 6.99. The fourth-order valence-corrected chi connectivity index (χ4v) is 2.50. The molecule has 2 aromatic rings. The van der Waals surface area contributed by atoms with Gasteiger partial charge in [0.25, 0.3) is 0 Å². The van der Waals surface area contributed by atoms with Gasteiger partial charge in [-0.2, -0.15) is 0 Å². The lowest BCUT2D eigenvalue weighted by Gasteiger charge is -2.29. The van der Waals surface area contributed by atoms with E-state index < -0.39 is 0 Å². The van der Waals surface area contributed by atoms with E-state index in [0.29, 0.717) is 16.7 Å². The lowest BCUT2D eigenvalue weighted by Crippen LogP contribution is -2.37. The number of piperidine rings is 1. The van der Waals surface area contributed by atoms with E-state index in [1.54, 1.807) is 6.20 Å². The number of hydrogen-bond acceptors (Lipinski definition) is 5. The normalized spacial score (nSPS) is 16.4. The molecule has 0 saturated carbocycles. The summed E-state index contributed by atoms with van der Waals surface area (Å²) in [4.78, 5) is 6.39. The summed E-state index contributed by atoms with van der Waals surface area (Å²) >= 11 is 6.13. The maximum absolute atomic E-state index is 9.50. The highest BCUT2D eigenvalue weighted by Gasteiger charge is 2.19. The number of rotatable bonds is 2. The summed E-state index contributed by atoms with van der Waals surface area (Å²) in [6.07, 6.45) is 2.97. The van der Waals surface area contributed by atoms with Gasteiger partial charge in [0, 0.05) is 18.7 Å². The minimum Gasteiger partial charge on any atom is -0.393 e. The minimum atomic E-state index is -0.207. The highest BCUT2D eigenvalue weighted by atomic mass is 35.5. The van der Waals surface area contributed by atoms with Crippen LogP contribution in [0.4, 0.5) is 5.95 Å². The van der Waals surface area contributed by atoms with E-state index in [2.05, 4.69) is 15.2 Å². The topological polar surface area (TPSA) is 62.1 Å². The average Bonchev–Trinajstić information content (AvgIpc) is 2.49. The first kappa shape index (κ1) is 13.3. The Morgan fingerprint density at radius 2 is 1.90 bits per heavy atom. The van der Waals surface area contributed by atoms with Crippen LogP contribution in [0, 0.1) is 0 Å². The van der Waals surface area contributed by atoms with Crippen molar-refractivity contribution < 1.29 is 5.11 Å². The van der Waals surface area contributed by atoms with Gasteiger partial charge in [-0.3, -0.25) is 0 Å². The lowest BCUT2D eigenvalue weighted by molar-refractivity contribution is 0.145. The monoisotopic (exact) mass is 290 g/mol. The first-order chi connectivity index (χ1) is 9.74. The Morgan fingerprint density at radius 3 is 2.55 bits per heavy atom. The summed E-state index contributed by atoms with van der Waals surface area (Å²) in [5, 5.41) is 18.5. The fraction of sp³-hybridized carbons (Fsp3) is 0.357. The molecule has 1 saturated heterocycles. The molecule has 1 fully saturated rings. The second kappa shape index (κ2) is 5.73. The fourth-order valence-electron chi connectivity index (χ4n) is 2.27. The highest BCUT2D eigenvalue weighted by Crippen LogP contribution is 2.25. The number of aliphatic hydroxyl groups excluding tert-OH is 1. The number of anilines is 1. The largest absolute Gasteiger partial charge is 0.393 e. The second-order valence-corrected chi connectivity index (χ2v) is 5.25. The van der Waals surface area contributed by atoms with E-state index in [-0.39, 0.29) is 6.10 Å². The average molecular weight is 291 g/mol. The number of nitrogens with zero attached hydrogens (tertiary/aromatic N) is 4. The van der Waals surface area contributed by atoms with E-state index in [0.717, 1.165) is 31.5 Å². The van der Waals surface area contributed by atoms with Crippen LogP contribution in [0.1, 0.15) is 12.8 Å². The molecule has 1 aliphatic rings. The van der Waals surface area contributed by atoms with Crippen molar-refractivity contribution in [2.75, 3.05) is 18.0 Å². The van der Waals surface area contributed by atoms with Crippen LogP contribution >= 0.6 is 11.6 Å². The van der Waals surface area contributed by atoms with Crippen molar-refractivity contribution in [3.8, 4) is 11.3 Å². The molecule has 104 valence electrons. The molecule has 3 rings (SSSR count). The maximum atomic E-state index is 9.50. The highest BCUT2D eigenvalue weighted by molar-refractivity contribution is 6.33. The molecule has 0 amide bonds. The van der Waals surface area contributed by atoms with Gasteiger partial charge in [-0.05, 0) is 18.9 Å². The third kappa shape index (κ3) is 2.73. The zero-order chi connectivity index (χ0) is 13.9. The van der Waals surface area contributed by atoms with Crippen LogP contribution in [0.5, 0.6) is 0 Å². The van der Waals surface area contributed by atoms with Gasteiger partial charge >= 0.3 is 0 Å². The van der Waals surface area contributed by atoms with Crippen molar-refractivity contribution in [2.45, 2.75) is 18.9 Å². The van der Waals surface area contributed by atoms with Crippen molar-refractivity contribution in [1.29, 1.82) is 0 Å². The number of benzene rings is 1. The van der Waals surface area contributed by atoms with Gasteiger partial charge in [-0.25, -0.2) is 4.98 Å². The van der Waals surface area contributed by atoms with Gasteiger partial charge in [0.1, 0.15) is 5.69 Å². The van der Waals surface area contributed by atoms with E-state index in [9.17, 15) is 5.11 Å². The molecule has 0 aliphatic carbocycles. The first-order valence-electron chi connectivity index (χ1n) is 6.61.